The maximum atomic E-state index is 11.7. The SMILES string of the molecule is O=C(CCN1CCOCC1)NCCc1cccc(Cl)c1. The topological polar surface area (TPSA) is 41.6 Å². The summed E-state index contributed by atoms with van der Waals surface area (Å²) in [6, 6.07) is 7.73. The summed E-state index contributed by atoms with van der Waals surface area (Å²) in [6.07, 6.45) is 1.36. The van der Waals surface area contributed by atoms with Crippen LogP contribution in [0.2, 0.25) is 5.02 Å². The number of hydrogen-bond acceptors (Lipinski definition) is 3. The number of morpholine rings is 1. The molecule has 1 amide bonds. The normalized spacial score (nSPS) is 16.1. The van der Waals surface area contributed by atoms with Crippen molar-refractivity contribution in [2.75, 3.05) is 39.4 Å². The average molecular weight is 297 g/mol. The van der Waals surface area contributed by atoms with Crippen molar-refractivity contribution in [3.05, 3.63) is 34.9 Å². The maximum Gasteiger partial charge on any atom is 0.221 e. The van der Waals surface area contributed by atoms with Gasteiger partial charge in [0, 0.05) is 37.6 Å². The molecule has 1 N–H and O–H groups in total. The number of carbonyl (C=O) groups is 1. The van der Waals surface area contributed by atoms with Crippen LogP contribution in [0.25, 0.3) is 0 Å². The van der Waals surface area contributed by atoms with Crippen LogP contribution in [-0.4, -0.2) is 50.2 Å². The highest BCUT2D eigenvalue weighted by Gasteiger charge is 2.11. The largest absolute Gasteiger partial charge is 0.379 e. The number of amides is 1. The molecule has 0 atom stereocenters. The predicted octanol–water partition coefficient (Wildman–Crippen LogP) is 1.72. The molecule has 1 aromatic carbocycles. The Kier molecular flexibility index (Phi) is 6.30. The summed E-state index contributed by atoms with van der Waals surface area (Å²) < 4.78 is 5.28. The Hall–Kier alpha value is -1.10. The Morgan fingerprint density at radius 3 is 2.90 bits per heavy atom. The molecule has 0 bridgehead atoms. The molecular weight excluding hydrogens is 276 g/mol. The van der Waals surface area contributed by atoms with Crippen molar-refractivity contribution in [1.29, 1.82) is 0 Å². The maximum absolute atomic E-state index is 11.7. The van der Waals surface area contributed by atoms with E-state index in [2.05, 4.69) is 10.2 Å². The first-order chi connectivity index (χ1) is 9.74. The zero-order valence-electron chi connectivity index (χ0n) is 11.6. The molecule has 1 aliphatic heterocycles. The molecule has 1 fully saturated rings. The van der Waals surface area contributed by atoms with Gasteiger partial charge in [-0.25, -0.2) is 0 Å². The number of nitrogens with one attached hydrogen (secondary N) is 1. The second-order valence-corrected chi connectivity index (χ2v) is 5.37. The monoisotopic (exact) mass is 296 g/mol. The van der Waals surface area contributed by atoms with Crippen LogP contribution in [0.4, 0.5) is 0 Å². The fraction of sp³-hybridized carbons (Fsp3) is 0.533. The molecule has 4 nitrogen and oxygen atoms in total. The second kappa shape index (κ2) is 8.25. The summed E-state index contributed by atoms with van der Waals surface area (Å²) in [5.74, 6) is 0.110. The van der Waals surface area contributed by atoms with Crippen molar-refractivity contribution in [3.63, 3.8) is 0 Å². The van der Waals surface area contributed by atoms with Gasteiger partial charge in [-0.1, -0.05) is 23.7 Å². The van der Waals surface area contributed by atoms with E-state index in [0.29, 0.717) is 13.0 Å². The molecule has 0 radical (unpaired) electrons. The fourth-order valence-corrected chi connectivity index (χ4v) is 2.42. The standard InChI is InChI=1S/C15H21ClN2O2/c16-14-3-1-2-13(12-14)4-6-17-15(19)5-7-18-8-10-20-11-9-18/h1-3,12H,4-11H2,(H,17,19). The van der Waals surface area contributed by atoms with E-state index in [1.54, 1.807) is 0 Å². The van der Waals surface area contributed by atoms with Gasteiger partial charge in [0.05, 0.1) is 13.2 Å². The molecule has 1 aromatic rings. The summed E-state index contributed by atoms with van der Waals surface area (Å²) in [6.45, 7) is 4.87. The first kappa shape index (κ1) is 15.3. The highest BCUT2D eigenvalue weighted by Crippen LogP contribution is 2.10. The molecule has 0 unspecified atom stereocenters. The van der Waals surface area contributed by atoms with Crippen LogP contribution >= 0.6 is 11.6 Å². The molecule has 110 valence electrons. The molecule has 2 rings (SSSR count). The van der Waals surface area contributed by atoms with Gasteiger partial charge in [-0.05, 0) is 24.1 Å². The number of ether oxygens (including phenoxy) is 1. The molecule has 0 saturated carbocycles. The lowest BCUT2D eigenvalue weighted by Crippen LogP contribution is -2.39. The Labute approximate surface area is 125 Å². The van der Waals surface area contributed by atoms with Gasteiger partial charge in [0.2, 0.25) is 5.91 Å². The summed E-state index contributed by atoms with van der Waals surface area (Å²) in [7, 11) is 0. The molecular formula is C15H21ClN2O2. The van der Waals surface area contributed by atoms with Gasteiger partial charge in [-0.15, -0.1) is 0 Å². The zero-order valence-corrected chi connectivity index (χ0v) is 12.4. The van der Waals surface area contributed by atoms with E-state index in [1.165, 1.54) is 0 Å². The van der Waals surface area contributed by atoms with E-state index in [9.17, 15) is 4.79 Å². The van der Waals surface area contributed by atoms with E-state index in [0.717, 1.165) is 49.9 Å². The van der Waals surface area contributed by atoms with Crippen molar-refractivity contribution in [3.8, 4) is 0 Å². The molecule has 1 heterocycles. The van der Waals surface area contributed by atoms with E-state index in [-0.39, 0.29) is 5.91 Å². The van der Waals surface area contributed by atoms with Gasteiger partial charge in [-0.2, -0.15) is 0 Å². The van der Waals surface area contributed by atoms with Crippen molar-refractivity contribution >= 4 is 17.5 Å². The summed E-state index contributed by atoms with van der Waals surface area (Å²) in [5, 5.41) is 3.69. The van der Waals surface area contributed by atoms with Crippen LogP contribution in [0, 0.1) is 0 Å². The lowest BCUT2D eigenvalue weighted by Gasteiger charge is -2.26. The molecule has 0 aliphatic carbocycles. The lowest BCUT2D eigenvalue weighted by molar-refractivity contribution is -0.121. The van der Waals surface area contributed by atoms with Gasteiger partial charge < -0.3 is 10.1 Å². The smallest absolute Gasteiger partial charge is 0.221 e. The number of benzene rings is 1. The third kappa shape index (κ3) is 5.49. The van der Waals surface area contributed by atoms with E-state index in [1.807, 2.05) is 24.3 Å². The number of rotatable bonds is 6. The summed E-state index contributed by atoms with van der Waals surface area (Å²) >= 11 is 5.92. The molecule has 5 heteroatoms. The average Bonchev–Trinajstić information content (AvgIpc) is 2.46. The molecule has 20 heavy (non-hydrogen) atoms. The first-order valence-corrected chi connectivity index (χ1v) is 7.43. The van der Waals surface area contributed by atoms with Gasteiger partial charge >= 0.3 is 0 Å². The minimum atomic E-state index is 0.110. The van der Waals surface area contributed by atoms with E-state index in [4.69, 9.17) is 16.3 Å². The summed E-state index contributed by atoms with van der Waals surface area (Å²) in [4.78, 5) is 14.0. The van der Waals surface area contributed by atoms with Crippen molar-refractivity contribution < 1.29 is 9.53 Å². The zero-order chi connectivity index (χ0) is 14.2. The second-order valence-electron chi connectivity index (χ2n) is 4.93. The molecule has 0 aromatic heterocycles. The number of carbonyl (C=O) groups excluding carboxylic acids is 1. The van der Waals surface area contributed by atoms with Crippen LogP contribution < -0.4 is 5.32 Å². The van der Waals surface area contributed by atoms with Gasteiger partial charge in [0.1, 0.15) is 0 Å². The van der Waals surface area contributed by atoms with Crippen LogP contribution in [0.1, 0.15) is 12.0 Å². The number of nitrogens with zero attached hydrogens (tertiary/aromatic N) is 1. The van der Waals surface area contributed by atoms with Gasteiger partial charge in [-0.3, -0.25) is 9.69 Å². The van der Waals surface area contributed by atoms with E-state index < -0.39 is 0 Å². The quantitative estimate of drug-likeness (QED) is 0.869. The Balaban J connectivity index is 1.60. The fourth-order valence-electron chi connectivity index (χ4n) is 2.21. The minimum Gasteiger partial charge on any atom is -0.379 e. The van der Waals surface area contributed by atoms with Gasteiger partial charge in [0.25, 0.3) is 0 Å². The van der Waals surface area contributed by atoms with Gasteiger partial charge in [0.15, 0.2) is 0 Å². The van der Waals surface area contributed by atoms with E-state index >= 15 is 0 Å². The van der Waals surface area contributed by atoms with Crippen molar-refractivity contribution in [1.82, 2.24) is 10.2 Å². The lowest BCUT2D eigenvalue weighted by atomic mass is 10.1. The van der Waals surface area contributed by atoms with Crippen LogP contribution in [-0.2, 0) is 16.0 Å². The van der Waals surface area contributed by atoms with Crippen LogP contribution in [0.5, 0.6) is 0 Å². The highest BCUT2D eigenvalue weighted by molar-refractivity contribution is 6.30. The summed E-state index contributed by atoms with van der Waals surface area (Å²) in [5.41, 5.74) is 1.14. The predicted molar refractivity (Wildman–Crippen MR) is 80.0 cm³/mol. The highest BCUT2D eigenvalue weighted by atomic mass is 35.5. The van der Waals surface area contributed by atoms with Crippen molar-refractivity contribution in [2.24, 2.45) is 0 Å². The van der Waals surface area contributed by atoms with Crippen LogP contribution in [0.3, 0.4) is 0 Å². The van der Waals surface area contributed by atoms with Crippen LogP contribution in [0.15, 0.2) is 24.3 Å². The molecule has 1 saturated heterocycles. The number of halogens is 1. The number of hydrogen-bond donors (Lipinski definition) is 1. The first-order valence-electron chi connectivity index (χ1n) is 7.05. The third-order valence-corrected chi connectivity index (χ3v) is 3.62. The third-order valence-electron chi connectivity index (χ3n) is 3.38. The minimum absolute atomic E-state index is 0.110. The molecule has 1 aliphatic rings. The molecule has 0 spiro atoms. The Morgan fingerprint density at radius 2 is 2.15 bits per heavy atom. The Morgan fingerprint density at radius 1 is 1.35 bits per heavy atom. The Bertz CT molecular complexity index is 434. The van der Waals surface area contributed by atoms with Crippen molar-refractivity contribution in [2.45, 2.75) is 12.8 Å².